The fourth-order valence-corrected chi connectivity index (χ4v) is 0.177. The second kappa shape index (κ2) is 25.3. The maximum Gasteiger partial charge on any atom is 3.00 e. The van der Waals surface area contributed by atoms with Gasteiger partial charge in [0.1, 0.15) is 0 Å². The van der Waals surface area contributed by atoms with E-state index in [1.165, 1.54) is 0 Å². The molecule has 8 heavy (non-hydrogen) atoms. The summed E-state index contributed by atoms with van der Waals surface area (Å²) in [6.07, 6.45) is 2.21. The minimum absolute atomic E-state index is 0. The molecule has 0 aromatic heterocycles. The molecule has 1 N–H and O–H groups in total. The third kappa shape index (κ3) is 30.0. The van der Waals surface area contributed by atoms with E-state index in [2.05, 4.69) is 6.92 Å². The van der Waals surface area contributed by atoms with E-state index in [9.17, 15) is 0 Å². The summed E-state index contributed by atoms with van der Waals surface area (Å²) in [5, 5.41) is 0. The van der Waals surface area contributed by atoms with E-state index in [1.807, 2.05) is 0 Å². The predicted octanol–water partition coefficient (Wildman–Crippen LogP) is 2.74. The summed E-state index contributed by atoms with van der Waals surface area (Å²) in [6.45, 7) is 2.69. The van der Waals surface area contributed by atoms with Crippen molar-refractivity contribution in [3.63, 3.8) is 0 Å². The van der Waals surface area contributed by atoms with Crippen molar-refractivity contribution in [3.8, 4) is 0 Å². The van der Waals surface area contributed by atoms with Crippen molar-refractivity contribution in [3.05, 3.63) is 20.6 Å². The zero-order valence-electron chi connectivity index (χ0n) is 6.12. The first-order chi connectivity index (χ1) is 2.41. The molecule has 0 aromatic rings. The Morgan fingerprint density at radius 2 is 1.62 bits per heavy atom. The van der Waals surface area contributed by atoms with Crippen molar-refractivity contribution in [2.45, 2.75) is 19.8 Å². The van der Waals surface area contributed by atoms with Gasteiger partial charge in [0.25, 0.3) is 0 Å². The first-order valence-corrected chi connectivity index (χ1v) is 2.06. The molecule has 0 rings (SSSR count). The van der Waals surface area contributed by atoms with Crippen LogP contribution in [-0.2, 0) is 21.7 Å². The Bertz CT molecular complexity index is 16.0. The van der Waals surface area contributed by atoms with E-state index in [-0.39, 0.29) is 36.6 Å². The molecule has 0 bridgehead atoms. The zero-order chi connectivity index (χ0) is 4.12. The monoisotopic (exact) mass is 150 g/mol. The van der Waals surface area contributed by atoms with Crippen LogP contribution in [0.5, 0.6) is 0 Å². The number of hydrogen-bond donors (Lipinski definition) is 0. The van der Waals surface area contributed by atoms with Gasteiger partial charge in [-0.25, -0.2) is 0 Å². The van der Waals surface area contributed by atoms with Crippen LogP contribution < -0.4 is 0 Å². The maximum atomic E-state index is 6.60. The summed E-state index contributed by atoms with van der Waals surface area (Å²) in [5.74, 6) is 0. The van der Waals surface area contributed by atoms with Crippen LogP contribution in [0.25, 0.3) is 5.73 Å². The average Bonchev–Trinajstić information content (AvgIpc) is 1.41. The summed E-state index contributed by atoms with van der Waals surface area (Å²) < 4.78 is 0. The molecule has 1 nitrogen and oxygen atoms in total. The summed E-state index contributed by atoms with van der Waals surface area (Å²) in [7, 11) is 0. The van der Waals surface area contributed by atoms with Gasteiger partial charge in [-0.1, -0.05) is 19.8 Å². The van der Waals surface area contributed by atoms with Crippen molar-refractivity contribution < 1.29 is 21.7 Å². The van der Waals surface area contributed by atoms with Gasteiger partial charge in [-0.2, -0.15) is 6.54 Å². The molecule has 0 fully saturated rings. The normalized spacial score (nSPS) is 5.25. The van der Waals surface area contributed by atoms with Gasteiger partial charge in [0.05, 0.1) is 0 Å². The SMILES string of the molecule is CCCC[NH-].[CH3-].[CH3-].[Ti+3]. The Balaban J connectivity index is -0.0000000267. The quantitative estimate of drug-likeness (QED) is 0.427. The van der Waals surface area contributed by atoms with Crippen molar-refractivity contribution in [2.75, 3.05) is 6.54 Å². The van der Waals surface area contributed by atoms with Gasteiger partial charge >= 0.3 is 21.7 Å². The van der Waals surface area contributed by atoms with E-state index in [4.69, 9.17) is 5.73 Å². The molecular formula is C6H16NTi. The third-order valence-corrected chi connectivity index (χ3v) is 0.530. The fraction of sp³-hybridized carbons (Fsp3) is 0.667. The zero-order valence-corrected chi connectivity index (χ0v) is 7.68. The third-order valence-electron chi connectivity index (χ3n) is 0.530. The van der Waals surface area contributed by atoms with Gasteiger partial charge in [-0.05, 0) is 0 Å². The van der Waals surface area contributed by atoms with Crippen LogP contribution in [0.15, 0.2) is 0 Å². The van der Waals surface area contributed by atoms with Crippen molar-refractivity contribution in [2.24, 2.45) is 0 Å². The van der Waals surface area contributed by atoms with Crippen LogP contribution in [0.1, 0.15) is 19.8 Å². The number of rotatable bonds is 2. The summed E-state index contributed by atoms with van der Waals surface area (Å²) >= 11 is 0. The molecular weight excluding hydrogens is 134 g/mol. The molecule has 0 aliphatic heterocycles. The number of hydrogen-bond acceptors (Lipinski definition) is 0. The smallest absolute Gasteiger partial charge is 0.677 e. The largest absolute Gasteiger partial charge is 3.00 e. The molecule has 49 valence electrons. The predicted molar refractivity (Wildman–Crippen MR) is 36.9 cm³/mol. The van der Waals surface area contributed by atoms with Crippen LogP contribution in [0.2, 0.25) is 0 Å². The molecule has 1 radical (unpaired) electrons. The van der Waals surface area contributed by atoms with Gasteiger partial charge < -0.3 is 20.6 Å². The molecule has 0 unspecified atom stereocenters. The Hall–Kier alpha value is 0.674. The molecule has 2 heteroatoms. The van der Waals surface area contributed by atoms with E-state index in [1.54, 1.807) is 0 Å². The van der Waals surface area contributed by atoms with Crippen LogP contribution in [0.3, 0.4) is 0 Å². The molecule has 0 aliphatic rings. The van der Waals surface area contributed by atoms with Gasteiger partial charge in [-0.3, -0.25) is 0 Å². The number of unbranched alkanes of at least 4 members (excludes halogenated alkanes) is 1. The molecule has 0 saturated heterocycles. The molecule has 0 aromatic carbocycles. The minimum atomic E-state index is 0. The summed E-state index contributed by atoms with van der Waals surface area (Å²) in [6, 6.07) is 0. The molecule has 0 heterocycles. The van der Waals surface area contributed by atoms with Crippen LogP contribution in [0.4, 0.5) is 0 Å². The second-order valence-electron chi connectivity index (χ2n) is 1.10. The minimum Gasteiger partial charge on any atom is -0.677 e. The Labute approximate surface area is 68.9 Å². The summed E-state index contributed by atoms with van der Waals surface area (Å²) in [4.78, 5) is 0. The Morgan fingerprint density at radius 1 is 1.25 bits per heavy atom. The summed E-state index contributed by atoms with van der Waals surface area (Å²) in [5.41, 5.74) is 6.60. The van der Waals surface area contributed by atoms with Crippen LogP contribution in [0, 0.1) is 14.9 Å². The van der Waals surface area contributed by atoms with Crippen molar-refractivity contribution in [1.82, 2.24) is 0 Å². The van der Waals surface area contributed by atoms with E-state index in [0.717, 1.165) is 12.8 Å². The fourth-order valence-electron chi connectivity index (χ4n) is 0.177. The van der Waals surface area contributed by atoms with Crippen molar-refractivity contribution >= 4 is 0 Å². The van der Waals surface area contributed by atoms with Crippen LogP contribution >= 0.6 is 0 Å². The number of nitrogens with one attached hydrogen (secondary N) is 1. The average molecular weight is 150 g/mol. The van der Waals surface area contributed by atoms with Crippen molar-refractivity contribution in [1.29, 1.82) is 0 Å². The van der Waals surface area contributed by atoms with E-state index in [0.29, 0.717) is 6.54 Å². The second-order valence-corrected chi connectivity index (χ2v) is 1.10. The first-order valence-electron chi connectivity index (χ1n) is 2.06. The molecule has 0 aliphatic carbocycles. The molecule has 0 spiro atoms. The van der Waals surface area contributed by atoms with E-state index < -0.39 is 0 Å². The topological polar surface area (TPSA) is 23.8 Å². The van der Waals surface area contributed by atoms with Gasteiger partial charge in [0.15, 0.2) is 0 Å². The Morgan fingerprint density at radius 3 is 1.62 bits per heavy atom. The van der Waals surface area contributed by atoms with Gasteiger partial charge in [0.2, 0.25) is 0 Å². The van der Waals surface area contributed by atoms with Gasteiger partial charge in [-0.15, -0.1) is 0 Å². The molecule has 0 atom stereocenters. The van der Waals surface area contributed by atoms with Crippen LogP contribution in [-0.4, -0.2) is 6.54 Å². The standard InChI is InChI=1S/C4H10N.2CH3.Ti/c1-2-3-4-5;;;/h5H,2-4H2,1H3;2*1H3;/q3*-1;+3. The first kappa shape index (κ1) is 23.4. The van der Waals surface area contributed by atoms with Gasteiger partial charge in [0, 0.05) is 0 Å². The Kier molecular flexibility index (Phi) is 74.0. The molecule has 0 amide bonds. The van der Waals surface area contributed by atoms with E-state index >= 15 is 0 Å². The maximum absolute atomic E-state index is 6.60. The molecule has 0 saturated carbocycles.